The molecule has 1 aliphatic heterocycles. The van der Waals surface area contributed by atoms with Crippen molar-refractivity contribution in [1.29, 1.82) is 0 Å². The predicted octanol–water partition coefficient (Wildman–Crippen LogP) is 6.33. The first-order valence-electron chi connectivity index (χ1n) is 9.63. The van der Waals surface area contributed by atoms with Crippen LogP contribution < -0.4 is 9.30 Å². The topological polar surface area (TPSA) is 13.1 Å². The monoisotopic (exact) mass is 354 g/mol. The highest BCUT2D eigenvalue weighted by molar-refractivity contribution is 6.07. The summed E-state index contributed by atoms with van der Waals surface area (Å²) in [6.07, 6.45) is 2.24. The standard InChI is InChI=1S/C25H24NO/c1-14(2)17-9-10-20-19(12-17)13-26(5)24-22-16(4)15(3)11-18-7-6-8-21(23(18)22)27-25(20)24/h6-14H,1-5H3/q+1. The second kappa shape index (κ2) is 5.56. The Morgan fingerprint density at radius 2 is 1.78 bits per heavy atom. The molecule has 0 aliphatic carbocycles. The van der Waals surface area contributed by atoms with Crippen LogP contribution >= 0.6 is 0 Å². The van der Waals surface area contributed by atoms with Gasteiger partial charge in [0.05, 0.1) is 5.56 Å². The predicted molar refractivity (Wildman–Crippen MR) is 112 cm³/mol. The first kappa shape index (κ1) is 16.3. The number of hydrogen-bond donors (Lipinski definition) is 0. The van der Waals surface area contributed by atoms with Gasteiger partial charge in [0.15, 0.2) is 6.20 Å². The van der Waals surface area contributed by atoms with Gasteiger partial charge in [-0.2, -0.15) is 4.57 Å². The van der Waals surface area contributed by atoms with Gasteiger partial charge < -0.3 is 4.74 Å². The highest BCUT2D eigenvalue weighted by Gasteiger charge is 2.31. The lowest BCUT2D eigenvalue weighted by atomic mass is 9.89. The van der Waals surface area contributed by atoms with E-state index in [4.69, 9.17) is 4.74 Å². The average molecular weight is 354 g/mol. The Bertz CT molecular complexity index is 1250. The van der Waals surface area contributed by atoms with Gasteiger partial charge in [0.2, 0.25) is 5.75 Å². The van der Waals surface area contributed by atoms with E-state index in [1.807, 2.05) is 0 Å². The van der Waals surface area contributed by atoms with E-state index in [0.717, 1.165) is 11.5 Å². The largest absolute Gasteiger partial charge is 0.449 e. The number of nitrogens with zero attached hydrogens (tertiary/aromatic N) is 1. The van der Waals surface area contributed by atoms with Crippen LogP contribution in [-0.2, 0) is 7.05 Å². The number of ether oxygens (including phenoxy) is 1. The SMILES string of the molecule is Cc1cc2cccc3c2c(c1C)-c1c(c2ccc(C(C)C)cc2c[n+]1C)O3. The maximum absolute atomic E-state index is 6.52. The van der Waals surface area contributed by atoms with E-state index in [9.17, 15) is 0 Å². The van der Waals surface area contributed by atoms with Crippen LogP contribution in [0.1, 0.15) is 36.5 Å². The van der Waals surface area contributed by atoms with E-state index in [0.29, 0.717) is 5.92 Å². The third kappa shape index (κ3) is 2.22. The molecule has 2 heterocycles. The summed E-state index contributed by atoms with van der Waals surface area (Å²) in [7, 11) is 2.13. The summed E-state index contributed by atoms with van der Waals surface area (Å²) in [6, 6.07) is 15.4. The molecule has 0 saturated carbocycles. The quantitative estimate of drug-likeness (QED) is 0.321. The molecule has 0 amide bonds. The van der Waals surface area contributed by atoms with Crippen molar-refractivity contribution in [3.63, 3.8) is 0 Å². The van der Waals surface area contributed by atoms with Crippen LogP contribution in [0.4, 0.5) is 0 Å². The summed E-state index contributed by atoms with van der Waals surface area (Å²) >= 11 is 0. The van der Waals surface area contributed by atoms with Crippen molar-refractivity contribution in [2.75, 3.05) is 0 Å². The first-order chi connectivity index (χ1) is 13.0. The van der Waals surface area contributed by atoms with Gasteiger partial charge in [-0.15, -0.1) is 0 Å². The maximum atomic E-state index is 6.52. The van der Waals surface area contributed by atoms with Gasteiger partial charge >= 0.3 is 0 Å². The normalized spacial score (nSPS) is 12.5. The molecule has 0 N–H and O–H groups in total. The molecule has 0 bridgehead atoms. The van der Waals surface area contributed by atoms with E-state index in [1.54, 1.807) is 0 Å². The number of hydrogen-bond acceptors (Lipinski definition) is 1. The molecular weight excluding hydrogens is 330 g/mol. The van der Waals surface area contributed by atoms with Gasteiger partial charge in [-0.3, -0.25) is 0 Å². The summed E-state index contributed by atoms with van der Waals surface area (Å²) < 4.78 is 8.75. The highest BCUT2D eigenvalue weighted by Crippen LogP contribution is 2.49. The number of fused-ring (bicyclic) bond motifs is 4. The van der Waals surface area contributed by atoms with E-state index in [1.165, 1.54) is 49.5 Å². The summed E-state index contributed by atoms with van der Waals surface area (Å²) in [5, 5.41) is 4.87. The number of aryl methyl sites for hydroxylation is 2. The van der Waals surface area contributed by atoms with Crippen molar-refractivity contribution in [2.24, 2.45) is 7.05 Å². The number of rotatable bonds is 1. The maximum Gasteiger partial charge on any atom is 0.257 e. The zero-order valence-corrected chi connectivity index (χ0v) is 16.6. The van der Waals surface area contributed by atoms with Gasteiger partial charge in [0, 0.05) is 16.2 Å². The molecular formula is C25H24NO+. The van der Waals surface area contributed by atoms with Crippen LogP contribution in [0.25, 0.3) is 32.8 Å². The molecule has 0 fully saturated rings. The first-order valence-corrected chi connectivity index (χ1v) is 9.63. The minimum atomic E-state index is 0.510. The molecule has 2 nitrogen and oxygen atoms in total. The van der Waals surface area contributed by atoms with Gasteiger partial charge in [-0.25, -0.2) is 0 Å². The molecule has 0 spiro atoms. The third-order valence-corrected chi connectivity index (χ3v) is 5.98. The van der Waals surface area contributed by atoms with Crippen LogP contribution in [0.2, 0.25) is 0 Å². The molecule has 134 valence electrons. The Labute approximate surface area is 160 Å². The van der Waals surface area contributed by atoms with Crippen LogP contribution in [0.15, 0.2) is 48.7 Å². The van der Waals surface area contributed by atoms with Gasteiger partial charge in [-0.05, 0) is 60.0 Å². The van der Waals surface area contributed by atoms with Gasteiger partial charge in [0.1, 0.15) is 12.8 Å². The number of pyridine rings is 1. The zero-order valence-electron chi connectivity index (χ0n) is 16.6. The molecule has 5 rings (SSSR count). The Morgan fingerprint density at radius 1 is 0.963 bits per heavy atom. The molecule has 0 radical (unpaired) electrons. The van der Waals surface area contributed by atoms with Gasteiger partial charge in [-0.1, -0.05) is 38.1 Å². The van der Waals surface area contributed by atoms with E-state index in [2.05, 4.69) is 88.0 Å². The molecule has 1 aromatic heterocycles. The fourth-order valence-electron chi connectivity index (χ4n) is 4.36. The van der Waals surface area contributed by atoms with Crippen molar-refractivity contribution >= 4 is 21.5 Å². The lowest BCUT2D eigenvalue weighted by molar-refractivity contribution is -0.659. The van der Waals surface area contributed by atoms with E-state index < -0.39 is 0 Å². The minimum absolute atomic E-state index is 0.510. The number of benzene rings is 3. The van der Waals surface area contributed by atoms with E-state index >= 15 is 0 Å². The van der Waals surface area contributed by atoms with Gasteiger partial charge in [0.25, 0.3) is 5.69 Å². The Hall–Kier alpha value is -2.87. The smallest absolute Gasteiger partial charge is 0.257 e. The third-order valence-electron chi connectivity index (χ3n) is 5.98. The lowest BCUT2D eigenvalue weighted by Crippen LogP contribution is -2.32. The molecule has 4 aromatic rings. The van der Waals surface area contributed by atoms with Crippen molar-refractivity contribution in [3.05, 3.63) is 65.4 Å². The fraction of sp³-hybridized carbons (Fsp3) is 0.240. The summed E-state index contributed by atoms with van der Waals surface area (Å²) in [6.45, 7) is 8.89. The molecule has 2 heteroatoms. The Morgan fingerprint density at radius 3 is 2.56 bits per heavy atom. The van der Waals surface area contributed by atoms with Crippen LogP contribution in [0.5, 0.6) is 11.5 Å². The Balaban J connectivity index is 1.94. The van der Waals surface area contributed by atoms with Crippen molar-refractivity contribution in [1.82, 2.24) is 0 Å². The lowest BCUT2D eigenvalue weighted by Gasteiger charge is -2.23. The second-order valence-electron chi connectivity index (χ2n) is 8.07. The summed E-state index contributed by atoms with van der Waals surface area (Å²) in [4.78, 5) is 0. The number of aromatic nitrogens is 1. The molecule has 27 heavy (non-hydrogen) atoms. The van der Waals surface area contributed by atoms with Crippen molar-refractivity contribution in [2.45, 2.75) is 33.6 Å². The molecule has 3 aromatic carbocycles. The van der Waals surface area contributed by atoms with Crippen LogP contribution in [-0.4, -0.2) is 0 Å². The molecule has 1 aliphatic rings. The molecule has 0 atom stereocenters. The minimum Gasteiger partial charge on any atom is -0.449 e. The summed E-state index contributed by atoms with van der Waals surface area (Å²) in [5.41, 5.74) is 6.47. The van der Waals surface area contributed by atoms with Crippen molar-refractivity contribution < 1.29 is 9.30 Å². The van der Waals surface area contributed by atoms with Crippen LogP contribution in [0.3, 0.4) is 0 Å². The van der Waals surface area contributed by atoms with Crippen LogP contribution in [0, 0.1) is 13.8 Å². The fourth-order valence-corrected chi connectivity index (χ4v) is 4.36. The second-order valence-corrected chi connectivity index (χ2v) is 8.07. The van der Waals surface area contributed by atoms with E-state index in [-0.39, 0.29) is 0 Å². The average Bonchev–Trinajstić information content (AvgIpc) is 2.64. The highest BCUT2D eigenvalue weighted by atomic mass is 16.5. The Kier molecular flexibility index (Phi) is 3.36. The zero-order chi connectivity index (χ0) is 18.9. The summed E-state index contributed by atoms with van der Waals surface area (Å²) in [5.74, 6) is 2.44. The molecule has 0 saturated heterocycles. The van der Waals surface area contributed by atoms with Crippen molar-refractivity contribution in [3.8, 4) is 22.8 Å². The molecule has 0 unspecified atom stereocenters.